The van der Waals surface area contributed by atoms with Gasteiger partial charge in [-0.25, -0.2) is 4.98 Å². The van der Waals surface area contributed by atoms with E-state index in [9.17, 15) is 0 Å². The topological polar surface area (TPSA) is 41.5 Å². The van der Waals surface area contributed by atoms with Gasteiger partial charge in [-0.15, -0.1) is 0 Å². The number of benzene rings is 1. The zero-order valence-corrected chi connectivity index (χ0v) is 11.4. The third kappa shape index (κ3) is 2.16. The molecule has 1 heterocycles. The van der Waals surface area contributed by atoms with Crippen molar-refractivity contribution in [3.05, 3.63) is 18.2 Å². The normalized spacial score (nSPS) is 10.5. The lowest BCUT2D eigenvalue weighted by molar-refractivity contribution is 0.403. The van der Waals surface area contributed by atoms with Crippen molar-refractivity contribution in [2.24, 2.45) is 0 Å². The first-order valence-electron chi connectivity index (χ1n) is 5.73. The molecular weight excluding hydrogens is 228 g/mol. The molecule has 18 heavy (non-hydrogen) atoms. The van der Waals surface area contributed by atoms with Gasteiger partial charge in [0.25, 0.3) is 0 Å². The summed E-state index contributed by atoms with van der Waals surface area (Å²) in [6.07, 6.45) is 0. The number of nitrogens with zero attached hydrogens (tertiary/aromatic N) is 4. The van der Waals surface area contributed by atoms with E-state index in [2.05, 4.69) is 9.97 Å². The molecule has 2 rings (SSSR count). The van der Waals surface area contributed by atoms with Crippen molar-refractivity contribution >= 4 is 22.5 Å². The zero-order chi connectivity index (χ0) is 13.3. The number of ether oxygens (including phenoxy) is 1. The molecule has 5 nitrogen and oxygen atoms in total. The first-order valence-corrected chi connectivity index (χ1v) is 5.73. The van der Waals surface area contributed by atoms with Crippen LogP contribution in [0.2, 0.25) is 0 Å². The number of rotatable bonds is 3. The average molecular weight is 246 g/mol. The number of fused-ring (bicyclic) bond motifs is 1. The van der Waals surface area contributed by atoms with E-state index < -0.39 is 0 Å². The van der Waals surface area contributed by atoms with Crippen molar-refractivity contribution in [2.75, 3.05) is 45.1 Å². The van der Waals surface area contributed by atoms with Gasteiger partial charge in [0.05, 0.1) is 18.0 Å². The molecule has 0 saturated carbocycles. The Hall–Kier alpha value is -2.04. The second-order valence-corrected chi connectivity index (χ2v) is 4.52. The second kappa shape index (κ2) is 4.68. The molecule has 96 valence electrons. The van der Waals surface area contributed by atoms with E-state index in [1.54, 1.807) is 7.11 Å². The van der Waals surface area contributed by atoms with Gasteiger partial charge in [-0.2, -0.15) is 4.98 Å². The molecule has 0 spiro atoms. The van der Waals surface area contributed by atoms with Gasteiger partial charge in [0.2, 0.25) is 11.8 Å². The predicted octanol–water partition coefficient (Wildman–Crippen LogP) is 1.77. The number of methoxy groups -OCH3 is 1. The highest BCUT2D eigenvalue weighted by atomic mass is 16.5. The quantitative estimate of drug-likeness (QED) is 0.825. The fraction of sp³-hybridized carbons (Fsp3) is 0.385. The Labute approximate surface area is 107 Å². The lowest BCUT2D eigenvalue weighted by Crippen LogP contribution is -2.13. The molecule has 2 aromatic rings. The van der Waals surface area contributed by atoms with E-state index in [0.717, 1.165) is 16.6 Å². The van der Waals surface area contributed by atoms with E-state index in [4.69, 9.17) is 4.74 Å². The molecule has 0 N–H and O–H groups in total. The largest absolute Gasteiger partial charge is 0.480 e. The third-order valence-electron chi connectivity index (χ3n) is 2.74. The molecule has 0 radical (unpaired) electrons. The minimum atomic E-state index is 0.606. The smallest absolute Gasteiger partial charge is 0.228 e. The maximum atomic E-state index is 5.33. The fourth-order valence-electron chi connectivity index (χ4n) is 1.71. The van der Waals surface area contributed by atoms with Crippen LogP contribution in [0.1, 0.15) is 0 Å². The molecule has 0 bridgehead atoms. The van der Waals surface area contributed by atoms with Crippen LogP contribution >= 0.6 is 0 Å². The molecule has 0 saturated heterocycles. The summed E-state index contributed by atoms with van der Waals surface area (Å²) in [6, 6.07) is 6.05. The van der Waals surface area contributed by atoms with Crippen molar-refractivity contribution < 1.29 is 4.74 Å². The van der Waals surface area contributed by atoms with Crippen molar-refractivity contribution in [2.45, 2.75) is 0 Å². The molecule has 0 amide bonds. The molecule has 0 aliphatic carbocycles. The lowest BCUT2D eigenvalue weighted by atomic mass is 10.2. The van der Waals surface area contributed by atoms with Gasteiger partial charge in [-0.05, 0) is 18.2 Å². The van der Waals surface area contributed by atoms with Gasteiger partial charge in [-0.1, -0.05) is 0 Å². The van der Waals surface area contributed by atoms with Crippen molar-refractivity contribution in [3.63, 3.8) is 0 Å². The molecule has 0 atom stereocenters. The second-order valence-electron chi connectivity index (χ2n) is 4.52. The van der Waals surface area contributed by atoms with Crippen LogP contribution in [0.4, 0.5) is 11.6 Å². The van der Waals surface area contributed by atoms with Crippen LogP contribution < -0.4 is 14.5 Å². The summed E-state index contributed by atoms with van der Waals surface area (Å²) in [4.78, 5) is 12.8. The fourth-order valence-corrected chi connectivity index (χ4v) is 1.71. The van der Waals surface area contributed by atoms with Gasteiger partial charge in [0.15, 0.2) is 0 Å². The van der Waals surface area contributed by atoms with E-state index in [1.807, 2.05) is 56.2 Å². The van der Waals surface area contributed by atoms with Crippen LogP contribution in [0.5, 0.6) is 5.88 Å². The Bertz CT molecular complexity index is 561. The predicted molar refractivity (Wildman–Crippen MR) is 74.7 cm³/mol. The Balaban J connectivity index is 2.68. The zero-order valence-electron chi connectivity index (χ0n) is 11.4. The summed E-state index contributed by atoms with van der Waals surface area (Å²) < 4.78 is 5.33. The van der Waals surface area contributed by atoms with Crippen LogP contribution in [0, 0.1) is 0 Å². The molecule has 0 aliphatic rings. The Morgan fingerprint density at radius 1 is 1.00 bits per heavy atom. The van der Waals surface area contributed by atoms with E-state index in [-0.39, 0.29) is 0 Å². The van der Waals surface area contributed by atoms with E-state index in [1.165, 1.54) is 0 Å². The summed E-state index contributed by atoms with van der Waals surface area (Å²) in [5, 5.41) is 0.925. The van der Waals surface area contributed by atoms with Crippen LogP contribution in [-0.4, -0.2) is 45.3 Å². The lowest BCUT2D eigenvalue weighted by Gasteiger charge is -2.16. The van der Waals surface area contributed by atoms with Crippen LogP contribution in [0.25, 0.3) is 10.9 Å². The highest BCUT2D eigenvalue weighted by molar-refractivity contribution is 5.87. The SMILES string of the molecule is COc1nc(N(C)C)nc2cc(N(C)C)ccc12. The monoisotopic (exact) mass is 246 g/mol. The third-order valence-corrected chi connectivity index (χ3v) is 2.74. The minimum Gasteiger partial charge on any atom is -0.480 e. The van der Waals surface area contributed by atoms with Crippen LogP contribution in [-0.2, 0) is 0 Å². The summed E-state index contributed by atoms with van der Waals surface area (Å²) >= 11 is 0. The van der Waals surface area contributed by atoms with Gasteiger partial charge in [0.1, 0.15) is 0 Å². The first-order chi connectivity index (χ1) is 8.52. The maximum absolute atomic E-state index is 5.33. The molecule has 1 aromatic heterocycles. The Kier molecular flexibility index (Phi) is 3.23. The number of hydrogen-bond donors (Lipinski definition) is 0. The summed E-state index contributed by atoms with van der Waals surface area (Å²) in [5.74, 6) is 1.25. The van der Waals surface area contributed by atoms with Gasteiger partial charge < -0.3 is 14.5 Å². The molecule has 0 unspecified atom stereocenters. The molecule has 0 fully saturated rings. The van der Waals surface area contributed by atoms with Crippen molar-refractivity contribution in [3.8, 4) is 5.88 Å². The number of aromatic nitrogens is 2. The Morgan fingerprint density at radius 3 is 2.28 bits per heavy atom. The number of anilines is 2. The standard InChI is InChI=1S/C13H18N4O/c1-16(2)9-6-7-10-11(8-9)14-13(17(3)4)15-12(10)18-5/h6-8H,1-5H3. The van der Waals surface area contributed by atoms with Gasteiger partial charge in [0, 0.05) is 33.9 Å². The average Bonchev–Trinajstić information content (AvgIpc) is 2.36. The molecule has 1 aromatic carbocycles. The summed E-state index contributed by atoms with van der Waals surface area (Å²) in [6.45, 7) is 0. The van der Waals surface area contributed by atoms with Crippen LogP contribution in [0.3, 0.4) is 0 Å². The van der Waals surface area contributed by atoms with Crippen LogP contribution in [0.15, 0.2) is 18.2 Å². The van der Waals surface area contributed by atoms with E-state index in [0.29, 0.717) is 11.8 Å². The minimum absolute atomic E-state index is 0.606. The van der Waals surface area contributed by atoms with E-state index >= 15 is 0 Å². The highest BCUT2D eigenvalue weighted by Crippen LogP contribution is 2.27. The summed E-state index contributed by atoms with van der Waals surface area (Å²) in [7, 11) is 9.47. The summed E-state index contributed by atoms with van der Waals surface area (Å²) in [5.41, 5.74) is 1.99. The van der Waals surface area contributed by atoms with Crippen molar-refractivity contribution in [1.82, 2.24) is 9.97 Å². The number of hydrogen-bond acceptors (Lipinski definition) is 5. The Morgan fingerprint density at radius 2 is 1.72 bits per heavy atom. The van der Waals surface area contributed by atoms with Gasteiger partial charge >= 0.3 is 0 Å². The highest BCUT2D eigenvalue weighted by Gasteiger charge is 2.10. The molecule has 5 heteroatoms. The van der Waals surface area contributed by atoms with Gasteiger partial charge in [-0.3, -0.25) is 0 Å². The van der Waals surface area contributed by atoms with Crippen molar-refractivity contribution in [1.29, 1.82) is 0 Å². The maximum Gasteiger partial charge on any atom is 0.228 e. The first kappa shape index (κ1) is 12.4. The molecular formula is C13H18N4O. The molecule has 0 aliphatic heterocycles.